The van der Waals surface area contributed by atoms with Gasteiger partial charge >= 0.3 is 0 Å². The molecule has 0 aromatic heterocycles. The van der Waals surface area contributed by atoms with Crippen molar-refractivity contribution < 1.29 is 5.11 Å². The lowest BCUT2D eigenvalue weighted by Crippen LogP contribution is -2.22. The molecule has 0 aliphatic rings. The van der Waals surface area contributed by atoms with Crippen LogP contribution in [0.5, 0.6) is 0 Å². The standard InChI is InChI=1S/C15H24N2O/c1-5-6-8-15(12(3)17)14(9-7-10-16)11(2)13(4)18/h5-12,18H,4,16-17H2,1-3H3/b6-5-,10-7-,14-9+,15-8+. The summed E-state index contributed by atoms with van der Waals surface area (Å²) in [6.07, 6.45) is 10.8. The monoisotopic (exact) mass is 248 g/mol. The Balaban J connectivity index is 5.59. The lowest BCUT2D eigenvalue weighted by Gasteiger charge is -2.20. The molecule has 0 spiro atoms. The number of nitrogens with two attached hydrogens (primary N) is 2. The number of aliphatic hydroxyl groups is 1. The number of hydrogen-bond acceptors (Lipinski definition) is 3. The highest BCUT2D eigenvalue weighted by molar-refractivity contribution is 5.42. The third-order valence-corrected chi connectivity index (χ3v) is 2.65. The summed E-state index contributed by atoms with van der Waals surface area (Å²) in [6, 6.07) is -0.138. The second kappa shape index (κ2) is 8.37. The van der Waals surface area contributed by atoms with Crippen LogP contribution in [0.1, 0.15) is 20.8 Å². The quantitative estimate of drug-likeness (QED) is 0.500. The Hall–Kier alpha value is -1.74. The molecule has 2 unspecified atom stereocenters. The van der Waals surface area contributed by atoms with Gasteiger partial charge in [-0.2, -0.15) is 0 Å². The maximum atomic E-state index is 9.57. The molecule has 0 fully saturated rings. The molecule has 0 aliphatic heterocycles. The van der Waals surface area contributed by atoms with E-state index in [2.05, 4.69) is 6.58 Å². The van der Waals surface area contributed by atoms with Crippen LogP contribution in [0.2, 0.25) is 0 Å². The average Bonchev–Trinajstić information content (AvgIpc) is 2.31. The Morgan fingerprint density at radius 2 is 1.72 bits per heavy atom. The van der Waals surface area contributed by atoms with Gasteiger partial charge in [0.1, 0.15) is 0 Å². The normalized spacial score (nSPS) is 17.3. The molecule has 0 saturated heterocycles. The van der Waals surface area contributed by atoms with E-state index in [0.29, 0.717) is 0 Å². The van der Waals surface area contributed by atoms with Gasteiger partial charge in [0.2, 0.25) is 0 Å². The summed E-state index contributed by atoms with van der Waals surface area (Å²) in [6.45, 7) is 9.30. The molecule has 0 bridgehead atoms. The van der Waals surface area contributed by atoms with Crippen LogP contribution >= 0.6 is 0 Å². The lowest BCUT2D eigenvalue weighted by molar-refractivity contribution is 0.362. The predicted octanol–water partition coefficient (Wildman–Crippen LogP) is 2.94. The minimum absolute atomic E-state index is 0.110. The van der Waals surface area contributed by atoms with Crippen molar-refractivity contribution in [2.75, 3.05) is 0 Å². The second-order valence-electron chi connectivity index (χ2n) is 4.16. The van der Waals surface area contributed by atoms with Gasteiger partial charge in [0.25, 0.3) is 0 Å². The van der Waals surface area contributed by atoms with Gasteiger partial charge in [-0.25, -0.2) is 0 Å². The Kier molecular flexibility index (Phi) is 7.56. The summed E-state index contributed by atoms with van der Waals surface area (Å²) >= 11 is 0. The van der Waals surface area contributed by atoms with Crippen molar-refractivity contribution in [3.63, 3.8) is 0 Å². The van der Waals surface area contributed by atoms with E-state index in [0.717, 1.165) is 11.1 Å². The van der Waals surface area contributed by atoms with Crippen LogP contribution in [0.25, 0.3) is 0 Å². The first-order chi connectivity index (χ1) is 8.45. The van der Waals surface area contributed by atoms with Crippen molar-refractivity contribution in [3.8, 4) is 0 Å². The first-order valence-corrected chi connectivity index (χ1v) is 6.00. The van der Waals surface area contributed by atoms with Gasteiger partial charge in [0.05, 0.1) is 5.76 Å². The lowest BCUT2D eigenvalue weighted by atomic mass is 9.88. The molecule has 0 aliphatic carbocycles. The zero-order valence-corrected chi connectivity index (χ0v) is 11.4. The highest BCUT2D eigenvalue weighted by Crippen LogP contribution is 2.26. The van der Waals surface area contributed by atoms with Crippen LogP contribution in [0.4, 0.5) is 0 Å². The molecule has 2 atom stereocenters. The van der Waals surface area contributed by atoms with Gasteiger partial charge in [-0.3, -0.25) is 0 Å². The van der Waals surface area contributed by atoms with E-state index in [1.165, 1.54) is 6.20 Å². The molecule has 5 N–H and O–H groups in total. The molecule has 3 nitrogen and oxygen atoms in total. The average molecular weight is 248 g/mol. The Labute approximate surface area is 110 Å². The van der Waals surface area contributed by atoms with Crippen LogP contribution in [0.15, 0.2) is 60.1 Å². The van der Waals surface area contributed by atoms with Gasteiger partial charge in [-0.05, 0) is 37.3 Å². The van der Waals surface area contributed by atoms with Gasteiger partial charge in [-0.15, -0.1) is 0 Å². The van der Waals surface area contributed by atoms with Crippen molar-refractivity contribution in [2.24, 2.45) is 17.4 Å². The smallest absolute Gasteiger partial charge is 0.0923 e. The van der Waals surface area contributed by atoms with Crippen molar-refractivity contribution >= 4 is 0 Å². The summed E-state index contributed by atoms with van der Waals surface area (Å²) in [7, 11) is 0. The molecule has 3 heteroatoms. The minimum Gasteiger partial charge on any atom is -0.512 e. The van der Waals surface area contributed by atoms with Crippen molar-refractivity contribution in [2.45, 2.75) is 26.8 Å². The topological polar surface area (TPSA) is 72.3 Å². The fraction of sp³-hybridized carbons (Fsp3) is 0.333. The van der Waals surface area contributed by atoms with E-state index in [4.69, 9.17) is 11.5 Å². The number of rotatable bonds is 6. The Bertz CT molecular complexity index is 387. The SMILES string of the molecule is C=C(O)C(C)C(=C\C=C/N)/C(=C/C=C\C)C(C)N. The van der Waals surface area contributed by atoms with Crippen molar-refractivity contribution in [3.05, 3.63) is 60.1 Å². The van der Waals surface area contributed by atoms with E-state index in [1.807, 2.05) is 45.1 Å². The zero-order chi connectivity index (χ0) is 14.1. The van der Waals surface area contributed by atoms with Gasteiger partial charge in [0, 0.05) is 12.0 Å². The van der Waals surface area contributed by atoms with E-state index in [-0.39, 0.29) is 17.7 Å². The summed E-state index contributed by atoms with van der Waals surface area (Å²) in [5, 5.41) is 9.57. The highest BCUT2D eigenvalue weighted by atomic mass is 16.3. The van der Waals surface area contributed by atoms with Crippen LogP contribution in [0.3, 0.4) is 0 Å². The Morgan fingerprint density at radius 1 is 1.17 bits per heavy atom. The molecule has 0 rings (SSSR count). The number of allylic oxidation sites excluding steroid dienone is 6. The van der Waals surface area contributed by atoms with E-state index < -0.39 is 0 Å². The molecule has 0 amide bonds. The molecule has 0 radical (unpaired) electrons. The predicted molar refractivity (Wildman–Crippen MR) is 78.9 cm³/mol. The van der Waals surface area contributed by atoms with Crippen molar-refractivity contribution in [1.82, 2.24) is 0 Å². The summed E-state index contributed by atoms with van der Waals surface area (Å²) in [4.78, 5) is 0. The van der Waals surface area contributed by atoms with Crippen LogP contribution < -0.4 is 11.5 Å². The molecule has 0 aromatic rings. The van der Waals surface area contributed by atoms with Crippen LogP contribution in [-0.2, 0) is 0 Å². The molecular weight excluding hydrogens is 224 g/mol. The first-order valence-electron chi connectivity index (χ1n) is 6.00. The Morgan fingerprint density at radius 3 is 2.11 bits per heavy atom. The first kappa shape index (κ1) is 16.3. The summed E-state index contributed by atoms with van der Waals surface area (Å²) < 4.78 is 0. The summed E-state index contributed by atoms with van der Waals surface area (Å²) in [5.74, 6) is -0.0811. The maximum absolute atomic E-state index is 9.57. The minimum atomic E-state index is -0.191. The third-order valence-electron chi connectivity index (χ3n) is 2.65. The molecule has 0 aromatic carbocycles. The van der Waals surface area contributed by atoms with Gasteiger partial charge < -0.3 is 16.6 Å². The van der Waals surface area contributed by atoms with Crippen LogP contribution in [-0.4, -0.2) is 11.1 Å². The fourth-order valence-electron chi connectivity index (χ4n) is 1.54. The molecular formula is C15H24N2O. The molecule has 0 saturated carbocycles. The van der Waals surface area contributed by atoms with Crippen molar-refractivity contribution in [1.29, 1.82) is 0 Å². The van der Waals surface area contributed by atoms with Crippen LogP contribution in [0, 0.1) is 5.92 Å². The highest BCUT2D eigenvalue weighted by Gasteiger charge is 2.17. The largest absolute Gasteiger partial charge is 0.512 e. The maximum Gasteiger partial charge on any atom is 0.0923 e. The van der Waals surface area contributed by atoms with E-state index in [9.17, 15) is 5.11 Å². The molecule has 100 valence electrons. The van der Waals surface area contributed by atoms with Gasteiger partial charge in [0.15, 0.2) is 0 Å². The number of hydrogen-bond donors (Lipinski definition) is 3. The molecule has 0 heterocycles. The number of aliphatic hydroxyl groups excluding tert-OH is 1. The van der Waals surface area contributed by atoms with Gasteiger partial charge in [-0.1, -0.05) is 37.8 Å². The summed E-state index contributed by atoms with van der Waals surface area (Å²) in [5.41, 5.74) is 13.2. The van der Waals surface area contributed by atoms with E-state index >= 15 is 0 Å². The molecule has 18 heavy (non-hydrogen) atoms. The second-order valence-corrected chi connectivity index (χ2v) is 4.16. The van der Waals surface area contributed by atoms with E-state index in [1.54, 1.807) is 6.08 Å². The zero-order valence-electron chi connectivity index (χ0n) is 11.4. The fourth-order valence-corrected chi connectivity index (χ4v) is 1.54. The third kappa shape index (κ3) is 5.06.